The average molecular weight is 314 g/mol. The molecule has 3 rings (SSSR count). The third-order valence-electron chi connectivity index (χ3n) is 3.83. The van der Waals surface area contributed by atoms with Crippen molar-refractivity contribution in [2.24, 2.45) is 0 Å². The van der Waals surface area contributed by atoms with Crippen LogP contribution in [0.5, 0.6) is 0 Å². The molecule has 114 valence electrons. The zero-order chi connectivity index (χ0) is 15.7. The maximum absolute atomic E-state index is 12.8. The van der Waals surface area contributed by atoms with E-state index in [9.17, 15) is 9.59 Å². The van der Waals surface area contributed by atoms with Crippen molar-refractivity contribution < 1.29 is 4.79 Å². The summed E-state index contributed by atoms with van der Waals surface area (Å²) in [4.78, 5) is 27.8. The number of hydrogen-bond acceptors (Lipinski definition) is 3. The van der Waals surface area contributed by atoms with Gasteiger partial charge in [0.2, 0.25) is 5.91 Å². The molecule has 0 fully saturated rings. The number of carbonyl (C=O) groups excluding carboxylic acids is 1. The Balaban J connectivity index is 1.92. The molecule has 1 aliphatic heterocycles. The van der Waals surface area contributed by atoms with Gasteiger partial charge >= 0.3 is 0 Å². The summed E-state index contributed by atoms with van der Waals surface area (Å²) in [5, 5.41) is 0. The number of fused-ring (bicyclic) bond motifs is 1. The lowest BCUT2D eigenvalue weighted by atomic mass is 10.2. The topological polar surface area (TPSA) is 42.3 Å². The predicted octanol–water partition coefficient (Wildman–Crippen LogP) is 2.68. The van der Waals surface area contributed by atoms with Crippen LogP contribution in [0, 0.1) is 6.92 Å². The first-order valence-corrected chi connectivity index (χ1v) is 8.26. The van der Waals surface area contributed by atoms with Crippen LogP contribution >= 0.6 is 11.8 Å². The highest BCUT2D eigenvalue weighted by molar-refractivity contribution is 7.99. The molecule has 5 heteroatoms. The average Bonchev–Trinajstić information content (AvgIpc) is 2.51. The molecule has 0 saturated carbocycles. The highest BCUT2D eigenvalue weighted by atomic mass is 32.2. The smallest absolute Gasteiger partial charge is 0.253 e. The predicted molar refractivity (Wildman–Crippen MR) is 89.6 cm³/mol. The molecule has 4 nitrogen and oxygen atoms in total. The van der Waals surface area contributed by atoms with Crippen molar-refractivity contribution in [1.29, 1.82) is 0 Å². The van der Waals surface area contributed by atoms with Gasteiger partial charge in [-0.2, -0.15) is 0 Å². The number of rotatable bonds is 2. The van der Waals surface area contributed by atoms with Gasteiger partial charge in [0.1, 0.15) is 6.54 Å². The molecular weight excluding hydrogens is 296 g/mol. The van der Waals surface area contributed by atoms with Gasteiger partial charge in [-0.3, -0.25) is 9.59 Å². The fourth-order valence-corrected chi connectivity index (χ4v) is 3.74. The van der Waals surface area contributed by atoms with E-state index in [2.05, 4.69) is 0 Å². The largest absolute Gasteiger partial charge is 0.306 e. The Morgan fingerprint density at radius 1 is 1.27 bits per heavy atom. The molecule has 0 saturated heterocycles. The first-order valence-electron chi connectivity index (χ1n) is 7.28. The van der Waals surface area contributed by atoms with Crippen molar-refractivity contribution in [3.8, 4) is 0 Å². The number of hydrogen-bond donors (Lipinski definition) is 0. The summed E-state index contributed by atoms with van der Waals surface area (Å²) >= 11 is 1.77. The minimum Gasteiger partial charge on any atom is -0.306 e. The second-order valence-corrected chi connectivity index (χ2v) is 6.58. The van der Waals surface area contributed by atoms with Crippen LogP contribution in [0.3, 0.4) is 0 Å². The molecule has 1 atom stereocenters. The molecule has 1 aromatic carbocycles. The van der Waals surface area contributed by atoms with E-state index in [1.54, 1.807) is 37.0 Å². The monoisotopic (exact) mass is 314 g/mol. The summed E-state index contributed by atoms with van der Waals surface area (Å²) < 4.78 is 1.48. The molecule has 1 aromatic heterocycles. The summed E-state index contributed by atoms with van der Waals surface area (Å²) in [7, 11) is 0. The second-order valence-electron chi connectivity index (χ2n) is 5.52. The van der Waals surface area contributed by atoms with Crippen molar-refractivity contribution in [2.75, 3.05) is 10.7 Å². The minimum absolute atomic E-state index is 0.0482. The van der Waals surface area contributed by atoms with E-state index in [-0.39, 0.29) is 24.1 Å². The quantitative estimate of drug-likeness (QED) is 0.856. The fraction of sp³-hybridized carbons (Fsp3) is 0.294. The normalized spacial score (nSPS) is 17.2. The van der Waals surface area contributed by atoms with Crippen LogP contribution in [0.25, 0.3) is 0 Å². The van der Waals surface area contributed by atoms with Crippen LogP contribution in [-0.2, 0) is 11.3 Å². The molecule has 0 bridgehead atoms. The number of carbonyl (C=O) groups is 1. The molecule has 0 unspecified atom stereocenters. The number of para-hydroxylation sites is 1. The van der Waals surface area contributed by atoms with E-state index in [4.69, 9.17) is 0 Å². The molecular formula is C17H18N2O2S. The number of aryl methyl sites for hydroxylation is 1. The summed E-state index contributed by atoms with van der Waals surface area (Å²) in [6, 6.07) is 11.6. The van der Waals surface area contributed by atoms with Crippen molar-refractivity contribution >= 4 is 23.4 Å². The van der Waals surface area contributed by atoms with Crippen molar-refractivity contribution in [3.63, 3.8) is 0 Å². The van der Waals surface area contributed by atoms with Gasteiger partial charge in [-0.25, -0.2) is 0 Å². The van der Waals surface area contributed by atoms with Crippen LogP contribution < -0.4 is 10.5 Å². The van der Waals surface area contributed by atoms with E-state index >= 15 is 0 Å². The lowest BCUT2D eigenvalue weighted by Crippen LogP contribution is -2.45. The Morgan fingerprint density at radius 3 is 2.86 bits per heavy atom. The number of anilines is 1. The first kappa shape index (κ1) is 14.9. The molecule has 2 heterocycles. The molecule has 0 aliphatic carbocycles. The number of aromatic nitrogens is 1. The van der Waals surface area contributed by atoms with Gasteiger partial charge in [0, 0.05) is 28.5 Å². The highest BCUT2D eigenvalue weighted by Gasteiger charge is 2.28. The van der Waals surface area contributed by atoms with Crippen LogP contribution in [0.15, 0.2) is 52.3 Å². The number of amides is 1. The fourth-order valence-electron chi connectivity index (χ4n) is 2.68. The SMILES string of the molecule is Cc1cccn(CC(=O)N2c3ccccc3SC[C@H]2C)c1=O. The molecule has 22 heavy (non-hydrogen) atoms. The van der Waals surface area contributed by atoms with E-state index < -0.39 is 0 Å². The van der Waals surface area contributed by atoms with Crippen molar-refractivity contribution in [2.45, 2.75) is 31.3 Å². The molecule has 0 N–H and O–H groups in total. The Bertz CT molecular complexity index is 769. The Kier molecular flexibility index (Phi) is 4.07. The third kappa shape index (κ3) is 2.68. The number of benzene rings is 1. The molecule has 0 radical (unpaired) electrons. The second kappa shape index (κ2) is 6.01. The highest BCUT2D eigenvalue weighted by Crippen LogP contribution is 2.37. The van der Waals surface area contributed by atoms with Gasteiger partial charge in [0.25, 0.3) is 5.56 Å². The number of pyridine rings is 1. The van der Waals surface area contributed by atoms with E-state index in [0.29, 0.717) is 5.56 Å². The molecule has 1 aliphatic rings. The minimum atomic E-state index is -0.108. The summed E-state index contributed by atoms with van der Waals surface area (Å²) in [6.45, 7) is 3.88. The molecule has 1 amide bonds. The maximum Gasteiger partial charge on any atom is 0.253 e. The van der Waals surface area contributed by atoms with Gasteiger partial charge in [0.15, 0.2) is 0 Å². The maximum atomic E-state index is 12.8. The zero-order valence-corrected chi connectivity index (χ0v) is 13.5. The van der Waals surface area contributed by atoms with Crippen LogP contribution in [0.2, 0.25) is 0 Å². The first-order chi connectivity index (χ1) is 10.6. The summed E-state index contributed by atoms with van der Waals surface area (Å²) in [5.74, 6) is 0.818. The summed E-state index contributed by atoms with van der Waals surface area (Å²) in [5.41, 5.74) is 1.48. The number of thioether (sulfide) groups is 1. The summed E-state index contributed by atoms with van der Waals surface area (Å²) in [6.07, 6.45) is 1.67. The third-order valence-corrected chi connectivity index (χ3v) is 5.14. The van der Waals surface area contributed by atoms with Gasteiger partial charge in [0.05, 0.1) is 5.69 Å². The van der Waals surface area contributed by atoms with Crippen LogP contribution in [-0.4, -0.2) is 22.3 Å². The molecule has 2 aromatic rings. The Morgan fingerprint density at radius 2 is 2.05 bits per heavy atom. The van der Waals surface area contributed by atoms with Gasteiger partial charge in [-0.15, -0.1) is 11.8 Å². The Labute approximate surface area is 133 Å². The van der Waals surface area contributed by atoms with E-state index in [0.717, 1.165) is 16.3 Å². The lowest BCUT2D eigenvalue weighted by molar-refractivity contribution is -0.119. The van der Waals surface area contributed by atoms with Gasteiger partial charge < -0.3 is 9.47 Å². The standard InChI is InChI=1S/C17H18N2O2S/c1-12-6-5-9-18(17(12)21)10-16(20)19-13(2)11-22-15-8-4-3-7-14(15)19/h3-9,13H,10-11H2,1-2H3/t13-/m1/s1. The number of nitrogens with zero attached hydrogens (tertiary/aromatic N) is 2. The van der Waals surface area contributed by atoms with Gasteiger partial charge in [-0.1, -0.05) is 18.2 Å². The van der Waals surface area contributed by atoms with E-state index in [1.165, 1.54) is 4.57 Å². The van der Waals surface area contributed by atoms with Crippen molar-refractivity contribution in [1.82, 2.24) is 4.57 Å². The van der Waals surface area contributed by atoms with Crippen molar-refractivity contribution in [3.05, 3.63) is 58.5 Å². The van der Waals surface area contributed by atoms with Gasteiger partial charge in [-0.05, 0) is 32.0 Å². The van der Waals surface area contributed by atoms with Crippen LogP contribution in [0.1, 0.15) is 12.5 Å². The zero-order valence-electron chi connectivity index (χ0n) is 12.7. The van der Waals surface area contributed by atoms with Crippen LogP contribution in [0.4, 0.5) is 5.69 Å². The molecule has 0 spiro atoms. The van der Waals surface area contributed by atoms with E-state index in [1.807, 2.05) is 36.1 Å². The lowest BCUT2D eigenvalue weighted by Gasteiger charge is -2.35. The Hall–Kier alpha value is -2.01.